The molecular formula is C13H19N3O3. The third-order valence-corrected chi connectivity index (χ3v) is 2.45. The number of hydrogen-bond acceptors (Lipinski definition) is 5. The number of hydrogen-bond donors (Lipinski definition) is 1. The Hall–Kier alpha value is -2.11. The maximum Gasteiger partial charge on any atom is 0.339 e. The van der Waals surface area contributed by atoms with Crippen LogP contribution in [0.5, 0.6) is 0 Å². The zero-order valence-electron chi connectivity index (χ0n) is 11.6. The molecule has 1 aromatic rings. The standard InChI is InChI=1S/C13H19N3O3/c1-5-19-13(18)10-6-7-11(14-8-10)15-9(2)12(17)16(3)4/h6-9H,5H2,1-4H3,(H,14,15)/t9-/m0/s1. The van der Waals surface area contributed by atoms with Crippen LogP contribution in [0, 0.1) is 0 Å². The third-order valence-electron chi connectivity index (χ3n) is 2.45. The van der Waals surface area contributed by atoms with E-state index < -0.39 is 5.97 Å². The van der Waals surface area contributed by atoms with Crippen LogP contribution >= 0.6 is 0 Å². The van der Waals surface area contributed by atoms with E-state index in [0.29, 0.717) is 18.0 Å². The van der Waals surface area contributed by atoms with E-state index >= 15 is 0 Å². The molecule has 6 heteroatoms. The van der Waals surface area contributed by atoms with E-state index in [1.807, 2.05) is 0 Å². The summed E-state index contributed by atoms with van der Waals surface area (Å²) in [5.41, 5.74) is 0.388. The number of nitrogens with one attached hydrogen (secondary N) is 1. The van der Waals surface area contributed by atoms with Crippen molar-refractivity contribution in [3.63, 3.8) is 0 Å². The molecule has 1 N–H and O–H groups in total. The van der Waals surface area contributed by atoms with E-state index in [0.717, 1.165) is 0 Å². The van der Waals surface area contributed by atoms with Gasteiger partial charge in [-0.1, -0.05) is 0 Å². The SMILES string of the molecule is CCOC(=O)c1ccc(N[C@@H](C)C(=O)N(C)C)nc1. The third kappa shape index (κ3) is 4.24. The Morgan fingerprint density at radius 2 is 2.11 bits per heavy atom. The topological polar surface area (TPSA) is 71.5 Å². The highest BCUT2D eigenvalue weighted by atomic mass is 16.5. The van der Waals surface area contributed by atoms with E-state index in [1.54, 1.807) is 40.1 Å². The maximum absolute atomic E-state index is 11.7. The predicted molar refractivity (Wildman–Crippen MR) is 72.0 cm³/mol. The van der Waals surface area contributed by atoms with Gasteiger partial charge in [0, 0.05) is 20.3 Å². The lowest BCUT2D eigenvalue weighted by Crippen LogP contribution is -2.36. The zero-order chi connectivity index (χ0) is 14.4. The number of carbonyl (C=O) groups is 2. The van der Waals surface area contributed by atoms with Crippen LogP contribution in [0.4, 0.5) is 5.82 Å². The van der Waals surface area contributed by atoms with Crippen LogP contribution in [0.15, 0.2) is 18.3 Å². The molecule has 0 unspecified atom stereocenters. The molecule has 1 rings (SSSR count). The number of carbonyl (C=O) groups excluding carboxylic acids is 2. The molecule has 0 fully saturated rings. The monoisotopic (exact) mass is 265 g/mol. The molecule has 19 heavy (non-hydrogen) atoms. The highest BCUT2D eigenvalue weighted by Gasteiger charge is 2.15. The highest BCUT2D eigenvalue weighted by molar-refractivity contribution is 5.89. The summed E-state index contributed by atoms with van der Waals surface area (Å²) in [5.74, 6) is 0.0889. The first-order valence-corrected chi connectivity index (χ1v) is 6.06. The smallest absolute Gasteiger partial charge is 0.339 e. The number of pyridine rings is 1. The minimum atomic E-state index is -0.404. The normalized spacial score (nSPS) is 11.6. The van der Waals surface area contributed by atoms with Gasteiger partial charge < -0.3 is 15.0 Å². The Morgan fingerprint density at radius 3 is 2.58 bits per heavy atom. The van der Waals surface area contributed by atoms with Gasteiger partial charge >= 0.3 is 5.97 Å². The summed E-state index contributed by atoms with van der Waals surface area (Å²) in [5, 5.41) is 2.97. The van der Waals surface area contributed by atoms with Gasteiger partial charge in [-0.15, -0.1) is 0 Å². The summed E-state index contributed by atoms with van der Waals surface area (Å²) < 4.78 is 4.86. The number of anilines is 1. The minimum Gasteiger partial charge on any atom is -0.462 e. The van der Waals surface area contributed by atoms with Crippen molar-refractivity contribution in [3.8, 4) is 0 Å². The number of aromatic nitrogens is 1. The van der Waals surface area contributed by atoms with E-state index in [-0.39, 0.29) is 11.9 Å². The van der Waals surface area contributed by atoms with Crippen LogP contribution in [0.3, 0.4) is 0 Å². The molecule has 0 aliphatic heterocycles. The minimum absolute atomic E-state index is 0.0451. The summed E-state index contributed by atoms with van der Waals surface area (Å²) in [6.07, 6.45) is 1.42. The largest absolute Gasteiger partial charge is 0.462 e. The van der Waals surface area contributed by atoms with Crippen molar-refractivity contribution in [2.24, 2.45) is 0 Å². The molecule has 0 bridgehead atoms. The average molecular weight is 265 g/mol. The molecule has 1 aromatic heterocycles. The van der Waals surface area contributed by atoms with Crippen molar-refractivity contribution < 1.29 is 14.3 Å². The molecule has 0 aliphatic carbocycles. The molecule has 0 spiro atoms. The molecule has 0 aromatic carbocycles. The average Bonchev–Trinajstić information content (AvgIpc) is 2.38. The van der Waals surface area contributed by atoms with Gasteiger partial charge in [0.15, 0.2) is 0 Å². The molecule has 0 saturated heterocycles. The van der Waals surface area contributed by atoms with Crippen molar-refractivity contribution in [3.05, 3.63) is 23.9 Å². The molecule has 0 aliphatic rings. The quantitative estimate of drug-likeness (QED) is 0.808. The van der Waals surface area contributed by atoms with Gasteiger partial charge in [0.1, 0.15) is 11.9 Å². The van der Waals surface area contributed by atoms with Crippen LogP contribution in [0.2, 0.25) is 0 Å². The fraction of sp³-hybridized carbons (Fsp3) is 0.462. The number of likely N-dealkylation sites (N-methyl/N-ethyl adjacent to an activating group) is 1. The number of nitrogens with zero attached hydrogens (tertiary/aromatic N) is 2. The Kier molecular flexibility index (Phi) is 5.29. The molecule has 104 valence electrons. The molecule has 1 atom stereocenters. The van der Waals surface area contributed by atoms with E-state index in [1.165, 1.54) is 11.1 Å². The number of esters is 1. The van der Waals surface area contributed by atoms with E-state index in [2.05, 4.69) is 10.3 Å². The van der Waals surface area contributed by atoms with E-state index in [9.17, 15) is 9.59 Å². The van der Waals surface area contributed by atoms with Crippen molar-refractivity contribution in [2.45, 2.75) is 19.9 Å². The second-order valence-corrected chi connectivity index (χ2v) is 4.25. The zero-order valence-corrected chi connectivity index (χ0v) is 11.6. The van der Waals surface area contributed by atoms with Gasteiger partial charge in [0.05, 0.1) is 12.2 Å². The predicted octanol–water partition coefficient (Wildman–Crippen LogP) is 1.15. The van der Waals surface area contributed by atoms with Crippen molar-refractivity contribution >= 4 is 17.7 Å². The molecule has 1 amide bonds. The fourth-order valence-electron chi connectivity index (χ4n) is 1.49. The van der Waals surface area contributed by atoms with Crippen LogP contribution in [0.1, 0.15) is 24.2 Å². The highest BCUT2D eigenvalue weighted by Crippen LogP contribution is 2.08. The van der Waals surface area contributed by atoms with Gasteiger partial charge in [0.25, 0.3) is 0 Å². The summed E-state index contributed by atoms with van der Waals surface area (Å²) in [6, 6.07) is 2.88. The molecule has 1 heterocycles. The Bertz CT molecular complexity index is 443. The van der Waals surface area contributed by atoms with Crippen molar-refractivity contribution in [1.29, 1.82) is 0 Å². The van der Waals surface area contributed by atoms with Gasteiger partial charge in [0.2, 0.25) is 5.91 Å². The molecule has 0 radical (unpaired) electrons. The number of amides is 1. The summed E-state index contributed by atoms with van der Waals surface area (Å²) in [7, 11) is 3.38. The van der Waals surface area contributed by atoms with Crippen LogP contribution in [-0.4, -0.2) is 48.5 Å². The second-order valence-electron chi connectivity index (χ2n) is 4.25. The Labute approximate surface area is 112 Å². The summed E-state index contributed by atoms with van der Waals surface area (Å²) >= 11 is 0. The van der Waals surface area contributed by atoms with Crippen molar-refractivity contribution in [2.75, 3.05) is 26.0 Å². The first-order chi connectivity index (χ1) is 8.95. The lowest BCUT2D eigenvalue weighted by Gasteiger charge is -2.18. The van der Waals surface area contributed by atoms with E-state index in [4.69, 9.17) is 4.74 Å². The van der Waals surface area contributed by atoms with Gasteiger partial charge in [-0.05, 0) is 26.0 Å². The molecular weight excluding hydrogens is 246 g/mol. The van der Waals surface area contributed by atoms with Gasteiger partial charge in [-0.25, -0.2) is 9.78 Å². The Morgan fingerprint density at radius 1 is 1.42 bits per heavy atom. The summed E-state index contributed by atoms with van der Waals surface area (Å²) in [6.45, 7) is 3.83. The molecule has 6 nitrogen and oxygen atoms in total. The van der Waals surface area contributed by atoms with Gasteiger partial charge in [-0.3, -0.25) is 4.79 Å². The maximum atomic E-state index is 11.7. The van der Waals surface area contributed by atoms with Crippen LogP contribution in [-0.2, 0) is 9.53 Å². The number of ether oxygens (including phenoxy) is 1. The fourth-order valence-corrected chi connectivity index (χ4v) is 1.49. The molecule has 0 saturated carbocycles. The first-order valence-electron chi connectivity index (χ1n) is 6.06. The Balaban J connectivity index is 2.67. The second kappa shape index (κ2) is 6.72. The first kappa shape index (κ1) is 14.9. The lowest BCUT2D eigenvalue weighted by atomic mass is 10.2. The van der Waals surface area contributed by atoms with Crippen LogP contribution < -0.4 is 5.32 Å². The number of rotatable bonds is 5. The summed E-state index contributed by atoms with van der Waals surface area (Å²) in [4.78, 5) is 28.7. The van der Waals surface area contributed by atoms with Crippen molar-refractivity contribution in [1.82, 2.24) is 9.88 Å². The van der Waals surface area contributed by atoms with Crippen LogP contribution in [0.25, 0.3) is 0 Å². The lowest BCUT2D eigenvalue weighted by molar-refractivity contribution is -0.129. The van der Waals surface area contributed by atoms with Gasteiger partial charge in [-0.2, -0.15) is 0 Å².